The topological polar surface area (TPSA) is 133 Å². The number of halogens is 3. The number of benzene rings is 1. The zero-order valence-electron chi connectivity index (χ0n) is 10.5. The van der Waals surface area contributed by atoms with Gasteiger partial charge in [0.2, 0.25) is 10.0 Å². The largest absolute Gasteiger partial charge is 0.492 e. The van der Waals surface area contributed by atoms with E-state index in [-0.39, 0.29) is 4.90 Å². The highest BCUT2D eigenvalue weighted by Gasteiger charge is 2.38. The highest BCUT2D eigenvalue weighted by Crippen LogP contribution is 2.14. The summed E-state index contributed by atoms with van der Waals surface area (Å²) in [7, 11) is -3.62. The molecule has 7 nitrogen and oxygen atoms in total. The molecule has 21 heavy (non-hydrogen) atoms. The molecule has 1 rings (SSSR count). The van der Waals surface area contributed by atoms with E-state index in [1.54, 1.807) is 0 Å². The fourth-order valence-electron chi connectivity index (χ4n) is 0.902. The monoisotopic (exact) mass is 330 g/mol. The van der Waals surface area contributed by atoms with Crippen LogP contribution in [0.25, 0.3) is 0 Å². The molecule has 11 heteroatoms. The van der Waals surface area contributed by atoms with Crippen LogP contribution in [-0.4, -0.2) is 38.8 Å². The van der Waals surface area contributed by atoms with Crippen LogP contribution < -0.4 is 15.6 Å². The SMILES string of the molecule is NCCOc1ccc(S(N)(=O)=O)cc1.O=C(O)C(F)(F)F. The second-order valence-corrected chi connectivity index (χ2v) is 5.02. The molecule has 0 spiro atoms. The molecule has 0 amide bonds. The van der Waals surface area contributed by atoms with Gasteiger partial charge < -0.3 is 15.6 Å². The highest BCUT2D eigenvalue weighted by molar-refractivity contribution is 7.89. The van der Waals surface area contributed by atoms with Crippen LogP contribution in [0.2, 0.25) is 0 Å². The lowest BCUT2D eigenvalue weighted by atomic mass is 10.3. The quantitative estimate of drug-likeness (QED) is 0.727. The Morgan fingerprint density at radius 3 is 1.95 bits per heavy atom. The lowest BCUT2D eigenvalue weighted by molar-refractivity contribution is -0.192. The summed E-state index contributed by atoms with van der Waals surface area (Å²) in [4.78, 5) is 8.96. The molecule has 0 bridgehead atoms. The second kappa shape index (κ2) is 7.81. The molecule has 0 aromatic heterocycles. The molecular formula is C10H13F3N2O5S. The van der Waals surface area contributed by atoms with Gasteiger partial charge >= 0.3 is 12.1 Å². The number of aliphatic carboxylic acids is 1. The number of hydrogen-bond acceptors (Lipinski definition) is 5. The van der Waals surface area contributed by atoms with E-state index < -0.39 is 22.2 Å². The number of carboxylic acids is 1. The standard InChI is InChI=1S/C8H12N2O3S.C2HF3O2/c9-5-6-13-7-1-3-8(4-2-7)14(10,11)12;3-2(4,5)1(6)7/h1-4H,5-6,9H2,(H2,10,11,12);(H,6,7). The first-order valence-electron chi connectivity index (χ1n) is 5.24. The molecule has 1 aromatic rings. The molecule has 0 radical (unpaired) electrons. The Kier molecular flexibility index (Phi) is 7.12. The summed E-state index contributed by atoms with van der Waals surface area (Å²) in [5, 5.41) is 12.0. The Labute approximate surface area is 118 Å². The van der Waals surface area contributed by atoms with Crippen LogP contribution in [0.15, 0.2) is 29.2 Å². The minimum atomic E-state index is -5.08. The van der Waals surface area contributed by atoms with E-state index in [9.17, 15) is 21.6 Å². The first-order chi connectivity index (χ1) is 9.48. The number of hydrogen-bond donors (Lipinski definition) is 3. The summed E-state index contributed by atoms with van der Waals surface area (Å²) >= 11 is 0. The van der Waals surface area contributed by atoms with E-state index in [1.807, 2.05) is 0 Å². The van der Waals surface area contributed by atoms with E-state index in [1.165, 1.54) is 24.3 Å². The van der Waals surface area contributed by atoms with Crippen molar-refractivity contribution >= 4 is 16.0 Å². The van der Waals surface area contributed by atoms with E-state index in [2.05, 4.69) is 0 Å². The molecule has 0 saturated heterocycles. The summed E-state index contributed by atoms with van der Waals surface area (Å²) in [6, 6.07) is 5.85. The van der Waals surface area contributed by atoms with Gasteiger partial charge in [0.15, 0.2) is 0 Å². The number of primary sulfonamides is 1. The summed E-state index contributed by atoms with van der Waals surface area (Å²) in [6.45, 7) is 0.811. The van der Waals surface area contributed by atoms with Crippen LogP contribution in [0, 0.1) is 0 Å². The zero-order valence-corrected chi connectivity index (χ0v) is 11.3. The Hall–Kier alpha value is -1.85. The van der Waals surface area contributed by atoms with Crippen molar-refractivity contribution in [3.8, 4) is 5.75 Å². The molecule has 0 unspecified atom stereocenters. The number of rotatable bonds is 4. The maximum Gasteiger partial charge on any atom is 0.490 e. The predicted molar refractivity (Wildman–Crippen MR) is 66.1 cm³/mol. The molecule has 0 fully saturated rings. The number of nitrogens with two attached hydrogens (primary N) is 2. The smallest absolute Gasteiger partial charge is 0.490 e. The Bertz CT molecular complexity index is 557. The van der Waals surface area contributed by atoms with E-state index >= 15 is 0 Å². The Morgan fingerprint density at radius 2 is 1.67 bits per heavy atom. The van der Waals surface area contributed by atoms with Crippen molar-refractivity contribution in [2.24, 2.45) is 10.9 Å². The van der Waals surface area contributed by atoms with Gasteiger partial charge in [0.05, 0.1) is 4.90 Å². The molecule has 1 aromatic carbocycles. The van der Waals surface area contributed by atoms with Gasteiger partial charge in [0, 0.05) is 6.54 Å². The second-order valence-electron chi connectivity index (χ2n) is 3.46. The molecule has 0 aliphatic carbocycles. The highest BCUT2D eigenvalue weighted by atomic mass is 32.2. The Morgan fingerprint density at radius 1 is 1.24 bits per heavy atom. The van der Waals surface area contributed by atoms with Gasteiger partial charge in [0.25, 0.3) is 0 Å². The number of ether oxygens (including phenoxy) is 1. The summed E-state index contributed by atoms with van der Waals surface area (Å²) in [5.41, 5.74) is 5.23. The first kappa shape index (κ1) is 19.1. The maximum atomic E-state index is 10.9. The summed E-state index contributed by atoms with van der Waals surface area (Å²) in [6.07, 6.45) is -5.08. The van der Waals surface area contributed by atoms with Gasteiger partial charge in [0.1, 0.15) is 12.4 Å². The maximum absolute atomic E-state index is 10.9. The normalized spacial score (nSPS) is 11.3. The predicted octanol–water partition coefficient (Wildman–Crippen LogP) is 0.305. The average Bonchev–Trinajstić information content (AvgIpc) is 2.35. The third-order valence-electron chi connectivity index (χ3n) is 1.78. The lowest BCUT2D eigenvalue weighted by Crippen LogP contribution is -2.21. The van der Waals surface area contributed by atoms with Crippen molar-refractivity contribution in [3.05, 3.63) is 24.3 Å². The van der Waals surface area contributed by atoms with Gasteiger partial charge in [-0.05, 0) is 24.3 Å². The van der Waals surface area contributed by atoms with Crippen molar-refractivity contribution in [3.63, 3.8) is 0 Å². The summed E-state index contributed by atoms with van der Waals surface area (Å²) in [5.74, 6) is -2.18. The first-order valence-corrected chi connectivity index (χ1v) is 6.79. The lowest BCUT2D eigenvalue weighted by Gasteiger charge is -2.04. The van der Waals surface area contributed by atoms with Crippen LogP contribution in [0.3, 0.4) is 0 Å². The number of carbonyl (C=O) groups is 1. The molecule has 0 atom stereocenters. The molecule has 0 aliphatic rings. The molecular weight excluding hydrogens is 317 g/mol. The zero-order chi connectivity index (χ0) is 16.7. The van der Waals surface area contributed by atoms with Crippen LogP contribution in [-0.2, 0) is 14.8 Å². The minimum Gasteiger partial charge on any atom is -0.492 e. The van der Waals surface area contributed by atoms with Crippen LogP contribution in [0.1, 0.15) is 0 Å². The van der Waals surface area contributed by atoms with Crippen molar-refractivity contribution < 1.29 is 36.2 Å². The number of alkyl halides is 3. The van der Waals surface area contributed by atoms with Crippen LogP contribution in [0.4, 0.5) is 13.2 Å². The van der Waals surface area contributed by atoms with E-state index in [4.69, 9.17) is 25.5 Å². The average molecular weight is 330 g/mol. The number of carboxylic acid groups (broad SMARTS) is 1. The van der Waals surface area contributed by atoms with Gasteiger partial charge in [-0.2, -0.15) is 13.2 Å². The minimum absolute atomic E-state index is 0.0672. The fraction of sp³-hybridized carbons (Fsp3) is 0.300. The molecule has 0 saturated carbocycles. The fourth-order valence-corrected chi connectivity index (χ4v) is 1.42. The molecule has 5 N–H and O–H groups in total. The van der Waals surface area contributed by atoms with Crippen molar-refractivity contribution in [1.82, 2.24) is 0 Å². The summed E-state index contributed by atoms with van der Waals surface area (Å²) < 4.78 is 58.6. The Balaban J connectivity index is 0.000000486. The van der Waals surface area contributed by atoms with Crippen LogP contribution in [0.5, 0.6) is 5.75 Å². The number of sulfonamides is 1. The molecule has 0 aliphatic heterocycles. The van der Waals surface area contributed by atoms with Gasteiger partial charge in [-0.15, -0.1) is 0 Å². The third-order valence-corrected chi connectivity index (χ3v) is 2.71. The molecule has 0 heterocycles. The molecule has 120 valence electrons. The van der Waals surface area contributed by atoms with E-state index in [0.29, 0.717) is 18.9 Å². The van der Waals surface area contributed by atoms with Crippen molar-refractivity contribution in [2.45, 2.75) is 11.1 Å². The van der Waals surface area contributed by atoms with E-state index in [0.717, 1.165) is 0 Å². The van der Waals surface area contributed by atoms with Crippen molar-refractivity contribution in [2.75, 3.05) is 13.2 Å². The van der Waals surface area contributed by atoms with Crippen LogP contribution >= 0.6 is 0 Å². The van der Waals surface area contributed by atoms with Crippen molar-refractivity contribution in [1.29, 1.82) is 0 Å². The van der Waals surface area contributed by atoms with Gasteiger partial charge in [-0.3, -0.25) is 0 Å². The van der Waals surface area contributed by atoms with Gasteiger partial charge in [-0.1, -0.05) is 0 Å². The van der Waals surface area contributed by atoms with Gasteiger partial charge in [-0.25, -0.2) is 18.4 Å². The third kappa shape index (κ3) is 8.12.